The minimum atomic E-state index is -4.42. The molecule has 2 N–H and O–H groups in total. The van der Waals surface area contributed by atoms with Gasteiger partial charge in [-0.25, -0.2) is 15.0 Å². The quantitative estimate of drug-likeness (QED) is 0.562. The first kappa shape index (κ1) is 20.4. The molecular formula is C18H23F3N6S. The van der Waals surface area contributed by atoms with Crippen molar-refractivity contribution in [2.75, 3.05) is 24.5 Å². The Balaban J connectivity index is 1.57. The maximum absolute atomic E-state index is 12.6. The molecule has 152 valence electrons. The van der Waals surface area contributed by atoms with Crippen molar-refractivity contribution in [1.29, 1.82) is 0 Å². The molecule has 0 spiro atoms. The van der Waals surface area contributed by atoms with Gasteiger partial charge in [0.2, 0.25) is 0 Å². The van der Waals surface area contributed by atoms with E-state index in [0.717, 1.165) is 41.2 Å². The highest BCUT2D eigenvalue weighted by atomic mass is 32.1. The summed E-state index contributed by atoms with van der Waals surface area (Å²) in [7, 11) is 0. The van der Waals surface area contributed by atoms with Crippen LogP contribution in [0.25, 0.3) is 0 Å². The topological polar surface area (TPSA) is 65.4 Å². The van der Waals surface area contributed by atoms with Gasteiger partial charge in [0.25, 0.3) is 0 Å². The van der Waals surface area contributed by atoms with Crippen LogP contribution in [0, 0.1) is 0 Å². The molecule has 3 rings (SSSR count). The van der Waals surface area contributed by atoms with Crippen molar-refractivity contribution in [2.45, 2.75) is 39.0 Å². The molecule has 0 atom stereocenters. The van der Waals surface area contributed by atoms with Crippen molar-refractivity contribution >= 4 is 23.1 Å². The van der Waals surface area contributed by atoms with E-state index < -0.39 is 11.9 Å². The van der Waals surface area contributed by atoms with E-state index in [-0.39, 0.29) is 6.54 Å². The van der Waals surface area contributed by atoms with Gasteiger partial charge in [0, 0.05) is 31.2 Å². The number of guanidine groups is 1. The zero-order chi connectivity index (χ0) is 20.0. The molecule has 1 saturated heterocycles. The summed E-state index contributed by atoms with van der Waals surface area (Å²) in [5, 5.41) is 7.48. The maximum Gasteiger partial charge on any atom is 0.434 e. The van der Waals surface area contributed by atoms with E-state index in [9.17, 15) is 13.2 Å². The lowest BCUT2D eigenvalue weighted by Crippen LogP contribution is -2.36. The molecule has 10 heteroatoms. The highest BCUT2D eigenvalue weighted by Crippen LogP contribution is 2.29. The zero-order valence-electron chi connectivity index (χ0n) is 15.6. The van der Waals surface area contributed by atoms with Crippen LogP contribution in [0.5, 0.6) is 0 Å². The molecule has 1 fully saturated rings. The average molecular weight is 412 g/mol. The van der Waals surface area contributed by atoms with Crippen molar-refractivity contribution in [3.05, 3.63) is 40.0 Å². The van der Waals surface area contributed by atoms with Gasteiger partial charge in [0.15, 0.2) is 11.7 Å². The van der Waals surface area contributed by atoms with Crippen molar-refractivity contribution in [2.24, 2.45) is 4.99 Å². The number of thiazole rings is 1. The largest absolute Gasteiger partial charge is 0.434 e. The molecule has 1 aliphatic rings. The standard InChI is InChI=1S/C18H23F3N6S/c1-2-22-17(25-11-16-26-14(12-28-16)18(19,20)21)24-10-13-5-6-15(23-9-13)27-7-3-4-8-27/h5-6,9,12H,2-4,7-8,10-11H2,1H3,(H2,22,24,25). The predicted octanol–water partition coefficient (Wildman–Crippen LogP) is 3.41. The summed E-state index contributed by atoms with van der Waals surface area (Å²) in [6.07, 6.45) is -0.192. The second-order valence-corrected chi connectivity index (χ2v) is 7.33. The Morgan fingerprint density at radius 1 is 1.25 bits per heavy atom. The summed E-state index contributed by atoms with van der Waals surface area (Å²) in [6, 6.07) is 4.01. The van der Waals surface area contributed by atoms with Gasteiger partial charge < -0.3 is 15.5 Å². The smallest absolute Gasteiger partial charge is 0.357 e. The van der Waals surface area contributed by atoms with Gasteiger partial charge in [0.1, 0.15) is 10.8 Å². The number of nitrogens with one attached hydrogen (secondary N) is 2. The number of rotatable bonds is 6. The number of alkyl halides is 3. The third-order valence-electron chi connectivity index (χ3n) is 4.25. The number of aromatic nitrogens is 2. The predicted molar refractivity (Wildman–Crippen MR) is 104 cm³/mol. The number of halogens is 3. The van der Waals surface area contributed by atoms with E-state index in [4.69, 9.17) is 0 Å². The number of nitrogens with zero attached hydrogens (tertiary/aromatic N) is 4. The molecule has 1 aliphatic heterocycles. The second-order valence-electron chi connectivity index (χ2n) is 6.39. The molecule has 0 unspecified atom stereocenters. The van der Waals surface area contributed by atoms with Crippen LogP contribution in [0.15, 0.2) is 28.7 Å². The van der Waals surface area contributed by atoms with E-state index in [1.54, 1.807) is 0 Å². The van der Waals surface area contributed by atoms with E-state index in [0.29, 0.717) is 24.1 Å². The summed E-state index contributed by atoms with van der Waals surface area (Å²) in [5.41, 5.74) is 0.106. The van der Waals surface area contributed by atoms with Crippen molar-refractivity contribution in [1.82, 2.24) is 20.6 Å². The molecule has 0 saturated carbocycles. The first-order valence-corrected chi connectivity index (χ1v) is 10.1. The molecule has 6 nitrogen and oxygen atoms in total. The minimum absolute atomic E-state index is 0.179. The number of hydrogen-bond acceptors (Lipinski definition) is 5. The number of aliphatic imine (C=N–C) groups is 1. The van der Waals surface area contributed by atoms with E-state index in [2.05, 4.69) is 30.5 Å². The monoisotopic (exact) mass is 412 g/mol. The highest BCUT2D eigenvalue weighted by Gasteiger charge is 2.33. The second kappa shape index (κ2) is 9.22. The van der Waals surface area contributed by atoms with E-state index in [1.165, 1.54) is 12.8 Å². The molecule has 0 radical (unpaired) electrons. The fourth-order valence-corrected chi connectivity index (χ4v) is 3.58. The molecule has 0 aromatic carbocycles. The van der Waals surface area contributed by atoms with Crippen LogP contribution >= 0.6 is 11.3 Å². The summed E-state index contributed by atoms with van der Waals surface area (Å²) in [6.45, 7) is 5.27. The fraction of sp³-hybridized carbons (Fsp3) is 0.500. The molecule has 0 aliphatic carbocycles. The Kier molecular flexibility index (Phi) is 6.71. The van der Waals surface area contributed by atoms with Gasteiger partial charge >= 0.3 is 6.18 Å². The molecule has 0 amide bonds. The SMILES string of the molecule is CCNC(=NCc1ccc(N2CCCC2)nc1)NCc1nc(C(F)(F)F)cs1. The molecular weight excluding hydrogens is 389 g/mol. The Morgan fingerprint density at radius 3 is 2.64 bits per heavy atom. The summed E-state index contributed by atoms with van der Waals surface area (Å²) in [4.78, 5) is 14.9. The third-order valence-corrected chi connectivity index (χ3v) is 5.10. The van der Waals surface area contributed by atoms with Crippen LogP contribution < -0.4 is 15.5 Å². The average Bonchev–Trinajstić information content (AvgIpc) is 3.36. The first-order chi connectivity index (χ1) is 13.5. The molecule has 2 aromatic heterocycles. The first-order valence-electron chi connectivity index (χ1n) is 9.19. The van der Waals surface area contributed by atoms with Crippen LogP contribution in [0.1, 0.15) is 36.0 Å². The molecule has 2 aromatic rings. The summed E-state index contributed by atoms with van der Waals surface area (Å²) in [5.74, 6) is 1.51. The summed E-state index contributed by atoms with van der Waals surface area (Å²) >= 11 is 0.974. The number of anilines is 1. The van der Waals surface area contributed by atoms with Gasteiger partial charge in [-0.1, -0.05) is 6.07 Å². The van der Waals surface area contributed by atoms with Gasteiger partial charge in [-0.15, -0.1) is 11.3 Å². The van der Waals surface area contributed by atoms with Crippen LogP contribution in [-0.2, 0) is 19.3 Å². The van der Waals surface area contributed by atoms with Crippen LogP contribution in [0.2, 0.25) is 0 Å². The van der Waals surface area contributed by atoms with Crippen LogP contribution in [0.4, 0.5) is 19.0 Å². The van der Waals surface area contributed by atoms with Gasteiger partial charge in [-0.2, -0.15) is 13.2 Å². The minimum Gasteiger partial charge on any atom is -0.357 e. The van der Waals surface area contributed by atoms with Crippen LogP contribution in [-0.4, -0.2) is 35.6 Å². The van der Waals surface area contributed by atoms with Gasteiger partial charge in [0.05, 0.1) is 13.1 Å². The van der Waals surface area contributed by atoms with Gasteiger partial charge in [-0.3, -0.25) is 0 Å². The van der Waals surface area contributed by atoms with E-state index >= 15 is 0 Å². The number of hydrogen-bond donors (Lipinski definition) is 2. The molecule has 0 bridgehead atoms. The molecule has 28 heavy (non-hydrogen) atoms. The maximum atomic E-state index is 12.6. The third kappa shape index (κ3) is 5.57. The van der Waals surface area contributed by atoms with Gasteiger partial charge in [-0.05, 0) is 31.4 Å². The Labute approximate surface area is 165 Å². The lowest BCUT2D eigenvalue weighted by atomic mass is 10.3. The summed E-state index contributed by atoms with van der Waals surface area (Å²) < 4.78 is 37.9. The fourth-order valence-electron chi connectivity index (χ4n) is 2.84. The van der Waals surface area contributed by atoms with Crippen molar-refractivity contribution in [3.63, 3.8) is 0 Å². The number of pyridine rings is 1. The Morgan fingerprint density at radius 2 is 2.04 bits per heavy atom. The Hall–Kier alpha value is -2.36. The Bertz CT molecular complexity index is 781. The van der Waals surface area contributed by atoms with Crippen molar-refractivity contribution in [3.8, 4) is 0 Å². The lowest BCUT2D eigenvalue weighted by molar-refractivity contribution is -0.140. The normalized spacial score (nSPS) is 15.1. The van der Waals surface area contributed by atoms with E-state index in [1.807, 2.05) is 25.3 Å². The molecule has 3 heterocycles. The highest BCUT2D eigenvalue weighted by molar-refractivity contribution is 7.09. The lowest BCUT2D eigenvalue weighted by Gasteiger charge is -2.16. The van der Waals surface area contributed by atoms with Crippen molar-refractivity contribution < 1.29 is 13.2 Å². The van der Waals surface area contributed by atoms with Crippen LogP contribution in [0.3, 0.4) is 0 Å². The zero-order valence-corrected chi connectivity index (χ0v) is 16.4.